The molecule has 1 aromatic carbocycles. The lowest BCUT2D eigenvalue weighted by atomic mass is 10.1. The van der Waals surface area contributed by atoms with Gasteiger partial charge in [-0.2, -0.15) is 0 Å². The van der Waals surface area contributed by atoms with Gasteiger partial charge in [0.2, 0.25) is 0 Å². The zero-order valence-electron chi connectivity index (χ0n) is 10.2. The molecule has 3 heteroatoms. The van der Waals surface area contributed by atoms with E-state index in [2.05, 4.69) is 31.2 Å². The second-order valence-corrected chi connectivity index (χ2v) is 4.13. The largest absolute Gasteiger partial charge is 0.377 e. The van der Waals surface area contributed by atoms with Gasteiger partial charge in [0.05, 0.1) is 6.54 Å². The van der Waals surface area contributed by atoms with E-state index >= 15 is 0 Å². The van der Waals surface area contributed by atoms with Crippen molar-refractivity contribution in [3.63, 3.8) is 0 Å². The number of hydrogen-bond acceptors (Lipinski definition) is 3. The molecule has 0 fully saturated rings. The highest BCUT2D eigenvalue weighted by Crippen LogP contribution is 2.05. The molecule has 0 heterocycles. The van der Waals surface area contributed by atoms with E-state index in [1.165, 1.54) is 18.2 Å². The average Bonchev–Trinajstić information content (AvgIpc) is 2.21. The molecule has 16 heavy (non-hydrogen) atoms. The van der Waals surface area contributed by atoms with Crippen LogP contribution in [0.25, 0.3) is 0 Å². The summed E-state index contributed by atoms with van der Waals surface area (Å²) in [6.45, 7) is 3.48. The average molecular weight is 221 g/mol. The zero-order chi connectivity index (χ0) is 12.0. The fraction of sp³-hybridized carbons (Fsp3) is 0.462. The number of nitrogens with zero attached hydrogens (tertiary/aromatic N) is 1. The molecule has 0 spiro atoms. The summed E-state index contributed by atoms with van der Waals surface area (Å²) in [5, 5.41) is 0. The van der Waals surface area contributed by atoms with E-state index in [1.54, 1.807) is 0 Å². The van der Waals surface area contributed by atoms with Gasteiger partial charge in [-0.25, -0.2) is 0 Å². The zero-order valence-corrected chi connectivity index (χ0v) is 10.2. The van der Waals surface area contributed by atoms with E-state index in [-0.39, 0.29) is 12.4 Å². The number of likely N-dealkylation sites (N-methyl/N-ethyl adjacent to an activating group) is 1. The molecule has 0 radical (unpaired) electrons. The molecule has 0 N–H and O–H groups in total. The Hall–Kier alpha value is -1.19. The lowest BCUT2D eigenvalue weighted by Gasteiger charge is -2.15. The topological polar surface area (TPSA) is 29.5 Å². The van der Waals surface area contributed by atoms with Gasteiger partial charge in [-0.3, -0.25) is 9.69 Å². The quantitative estimate of drug-likeness (QED) is 0.731. The number of aryl methyl sites for hydroxylation is 1. The van der Waals surface area contributed by atoms with Crippen molar-refractivity contribution in [3.8, 4) is 0 Å². The van der Waals surface area contributed by atoms with E-state index in [9.17, 15) is 4.79 Å². The van der Waals surface area contributed by atoms with Gasteiger partial charge in [-0.05, 0) is 19.5 Å². The van der Waals surface area contributed by atoms with Crippen molar-refractivity contribution in [2.75, 3.05) is 27.3 Å². The minimum atomic E-state index is 0.108. The van der Waals surface area contributed by atoms with Crippen LogP contribution in [0.4, 0.5) is 0 Å². The minimum Gasteiger partial charge on any atom is -0.377 e. The maximum atomic E-state index is 11.3. The molecule has 88 valence electrons. The Kier molecular flexibility index (Phi) is 5.15. The van der Waals surface area contributed by atoms with Crippen LogP contribution in [0.15, 0.2) is 24.3 Å². The van der Waals surface area contributed by atoms with Crippen LogP contribution < -0.4 is 0 Å². The molecule has 0 aromatic heterocycles. The number of carbonyl (C=O) groups excluding carboxylic acids is 1. The maximum Gasteiger partial charge on any atom is 0.172 e. The van der Waals surface area contributed by atoms with Gasteiger partial charge in [0, 0.05) is 13.7 Å². The Balaban J connectivity index is 2.42. The SMILES string of the molecule is COCC(=O)CN(C)Cc1ccc(C)cc1. The fourth-order valence-electron chi connectivity index (χ4n) is 1.57. The molecule has 0 bridgehead atoms. The van der Waals surface area contributed by atoms with Crippen LogP contribution in [0.3, 0.4) is 0 Å². The van der Waals surface area contributed by atoms with Gasteiger partial charge >= 0.3 is 0 Å². The first-order valence-corrected chi connectivity index (χ1v) is 5.36. The number of ketones is 1. The van der Waals surface area contributed by atoms with Crippen LogP contribution in [0.2, 0.25) is 0 Å². The van der Waals surface area contributed by atoms with Crippen molar-refractivity contribution in [2.45, 2.75) is 13.5 Å². The Morgan fingerprint density at radius 2 is 1.94 bits per heavy atom. The summed E-state index contributed by atoms with van der Waals surface area (Å²) >= 11 is 0. The van der Waals surface area contributed by atoms with Crippen LogP contribution >= 0.6 is 0 Å². The van der Waals surface area contributed by atoms with Gasteiger partial charge in [0.15, 0.2) is 5.78 Å². The molecule has 0 aliphatic heterocycles. The molecule has 0 atom stereocenters. The highest BCUT2D eigenvalue weighted by atomic mass is 16.5. The standard InChI is InChI=1S/C13H19NO2/c1-11-4-6-12(7-5-11)8-14(2)9-13(15)10-16-3/h4-7H,8-10H2,1-3H3. The van der Waals surface area contributed by atoms with Crippen molar-refractivity contribution in [1.29, 1.82) is 0 Å². The highest BCUT2D eigenvalue weighted by molar-refractivity contribution is 5.81. The van der Waals surface area contributed by atoms with Crippen LogP contribution in [-0.2, 0) is 16.1 Å². The Bertz CT molecular complexity index is 332. The second-order valence-electron chi connectivity index (χ2n) is 4.13. The predicted molar refractivity (Wildman–Crippen MR) is 64.4 cm³/mol. The molecule has 1 aromatic rings. The monoisotopic (exact) mass is 221 g/mol. The lowest BCUT2D eigenvalue weighted by Crippen LogP contribution is -2.27. The van der Waals surface area contributed by atoms with Crippen LogP contribution in [0, 0.1) is 6.92 Å². The van der Waals surface area contributed by atoms with Gasteiger partial charge < -0.3 is 4.74 Å². The molecular formula is C13H19NO2. The Morgan fingerprint density at radius 1 is 1.31 bits per heavy atom. The number of ether oxygens (including phenoxy) is 1. The Morgan fingerprint density at radius 3 is 2.50 bits per heavy atom. The van der Waals surface area contributed by atoms with Gasteiger partial charge in [-0.15, -0.1) is 0 Å². The summed E-state index contributed by atoms with van der Waals surface area (Å²) in [5.74, 6) is 0.108. The van der Waals surface area contributed by atoms with E-state index in [4.69, 9.17) is 4.74 Å². The fourth-order valence-corrected chi connectivity index (χ4v) is 1.57. The third-order valence-corrected chi connectivity index (χ3v) is 2.32. The third-order valence-electron chi connectivity index (χ3n) is 2.32. The molecule has 0 saturated carbocycles. The smallest absolute Gasteiger partial charge is 0.172 e. The van der Waals surface area contributed by atoms with Crippen molar-refractivity contribution in [1.82, 2.24) is 4.90 Å². The number of methoxy groups -OCH3 is 1. The van der Waals surface area contributed by atoms with Crippen molar-refractivity contribution in [2.24, 2.45) is 0 Å². The maximum absolute atomic E-state index is 11.3. The number of hydrogen-bond donors (Lipinski definition) is 0. The first-order chi connectivity index (χ1) is 7.61. The summed E-state index contributed by atoms with van der Waals surface area (Å²) in [7, 11) is 3.48. The molecule has 3 nitrogen and oxygen atoms in total. The first kappa shape index (κ1) is 12.9. The summed E-state index contributed by atoms with van der Waals surface area (Å²) in [5.41, 5.74) is 2.47. The normalized spacial score (nSPS) is 10.8. The van der Waals surface area contributed by atoms with E-state index in [0.29, 0.717) is 6.54 Å². The molecule has 1 rings (SSSR count). The summed E-state index contributed by atoms with van der Waals surface area (Å²) in [6.07, 6.45) is 0. The van der Waals surface area contributed by atoms with E-state index in [0.717, 1.165) is 6.54 Å². The lowest BCUT2D eigenvalue weighted by molar-refractivity contribution is -0.123. The molecule has 0 aliphatic rings. The van der Waals surface area contributed by atoms with Crippen LogP contribution in [-0.4, -0.2) is 38.0 Å². The highest BCUT2D eigenvalue weighted by Gasteiger charge is 2.06. The number of rotatable bonds is 6. The Labute approximate surface area is 97.0 Å². The molecule has 0 saturated heterocycles. The molecule has 0 aliphatic carbocycles. The summed E-state index contributed by atoms with van der Waals surface area (Å²) in [4.78, 5) is 13.3. The van der Waals surface area contributed by atoms with Crippen molar-refractivity contribution < 1.29 is 9.53 Å². The van der Waals surface area contributed by atoms with Crippen LogP contribution in [0.5, 0.6) is 0 Å². The number of carbonyl (C=O) groups is 1. The minimum absolute atomic E-state index is 0.108. The first-order valence-electron chi connectivity index (χ1n) is 5.36. The van der Waals surface area contributed by atoms with E-state index < -0.39 is 0 Å². The van der Waals surface area contributed by atoms with E-state index in [1.807, 2.05) is 11.9 Å². The van der Waals surface area contributed by atoms with Crippen LogP contribution in [0.1, 0.15) is 11.1 Å². The van der Waals surface area contributed by atoms with Crippen molar-refractivity contribution >= 4 is 5.78 Å². The molecule has 0 unspecified atom stereocenters. The summed E-state index contributed by atoms with van der Waals surface area (Å²) in [6, 6.07) is 8.35. The predicted octanol–water partition coefficient (Wildman–Crippen LogP) is 1.64. The molecule has 0 amide bonds. The number of benzene rings is 1. The van der Waals surface area contributed by atoms with Gasteiger partial charge in [0.25, 0.3) is 0 Å². The third kappa shape index (κ3) is 4.55. The summed E-state index contributed by atoms with van der Waals surface area (Å²) < 4.78 is 4.79. The van der Waals surface area contributed by atoms with Crippen molar-refractivity contribution in [3.05, 3.63) is 35.4 Å². The van der Waals surface area contributed by atoms with Gasteiger partial charge in [-0.1, -0.05) is 29.8 Å². The van der Waals surface area contributed by atoms with Gasteiger partial charge in [0.1, 0.15) is 6.61 Å². The molecular weight excluding hydrogens is 202 g/mol. The number of Topliss-reactive ketones (excluding diaryl/α,β-unsaturated/α-hetero) is 1. The second kappa shape index (κ2) is 6.40.